The lowest BCUT2D eigenvalue weighted by Gasteiger charge is -2.21. The first-order valence-corrected chi connectivity index (χ1v) is 6.25. The monoisotopic (exact) mass is 269 g/mol. The third-order valence-electron chi connectivity index (χ3n) is 3.25. The van der Waals surface area contributed by atoms with Gasteiger partial charge in [0.2, 0.25) is 0 Å². The van der Waals surface area contributed by atoms with E-state index in [1.54, 1.807) is 4.90 Å². The number of hydrogen-bond donors (Lipinski definition) is 2. The van der Waals surface area contributed by atoms with Crippen molar-refractivity contribution in [3.8, 4) is 0 Å². The number of rotatable bonds is 3. The van der Waals surface area contributed by atoms with Crippen LogP contribution in [0.5, 0.6) is 0 Å². The number of β-amino-alcohol motifs (C(OH)–C–C–N with tert-alkyl or cyclic N) is 1. The van der Waals surface area contributed by atoms with Crippen LogP contribution in [0.3, 0.4) is 0 Å². The molecule has 1 fully saturated rings. The van der Waals surface area contributed by atoms with Crippen LogP contribution < -0.4 is 0 Å². The fourth-order valence-electron chi connectivity index (χ4n) is 2.31. The maximum atomic E-state index is 11.1. The zero-order valence-electron chi connectivity index (χ0n) is 10.1. The number of aliphatic carboxylic acids is 1. The van der Waals surface area contributed by atoms with Crippen LogP contribution >= 0.6 is 11.6 Å². The maximum absolute atomic E-state index is 11.1. The molecule has 0 radical (unpaired) electrons. The number of aryl methyl sites for hydroxylation is 1. The lowest BCUT2D eigenvalue weighted by Crippen LogP contribution is -2.35. The molecule has 1 heterocycles. The van der Waals surface area contributed by atoms with Gasteiger partial charge in [-0.25, -0.2) is 0 Å². The first-order valence-electron chi connectivity index (χ1n) is 5.87. The van der Waals surface area contributed by atoms with Crippen molar-refractivity contribution >= 4 is 17.6 Å². The summed E-state index contributed by atoms with van der Waals surface area (Å²) in [6.45, 7) is 2.78. The molecule has 2 atom stereocenters. The van der Waals surface area contributed by atoms with Gasteiger partial charge < -0.3 is 10.2 Å². The SMILES string of the molecule is Cc1ccc(CN2CC(O)CC2C(=O)O)c(Cl)c1. The van der Waals surface area contributed by atoms with Gasteiger partial charge in [-0.2, -0.15) is 0 Å². The number of benzene rings is 1. The van der Waals surface area contributed by atoms with Crippen molar-refractivity contribution in [1.29, 1.82) is 0 Å². The van der Waals surface area contributed by atoms with Crippen LogP contribution in [0.25, 0.3) is 0 Å². The lowest BCUT2D eigenvalue weighted by atomic mass is 10.1. The number of aliphatic hydroxyl groups excluding tert-OH is 1. The minimum atomic E-state index is -0.894. The minimum absolute atomic E-state index is 0.277. The number of carboxylic acids is 1. The van der Waals surface area contributed by atoms with Crippen molar-refractivity contribution in [2.24, 2.45) is 0 Å². The second kappa shape index (κ2) is 5.26. The molecule has 1 aromatic carbocycles. The van der Waals surface area contributed by atoms with Crippen LogP contribution in [0.1, 0.15) is 17.5 Å². The Hall–Kier alpha value is -1.10. The van der Waals surface area contributed by atoms with Gasteiger partial charge in [0.15, 0.2) is 0 Å². The number of likely N-dealkylation sites (tertiary alicyclic amines) is 1. The third kappa shape index (κ3) is 2.83. The molecule has 2 N–H and O–H groups in total. The predicted molar refractivity (Wildman–Crippen MR) is 68.6 cm³/mol. The molecular formula is C13H16ClNO3. The molecule has 2 unspecified atom stereocenters. The van der Waals surface area contributed by atoms with E-state index in [1.165, 1.54) is 0 Å². The highest BCUT2D eigenvalue weighted by Gasteiger charge is 2.35. The van der Waals surface area contributed by atoms with E-state index in [9.17, 15) is 9.90 Å². The first-order chi connectivity index (χ1) is 8.47. The summed E-state index contributed by atoms with van der Waals surface area (Å²) in [7, 11) is 0. The third-order valence-corrected chi connectivity index (χ3v) is 3.60. The van der Waals surface area contributed by atoms with Gasteiger partial charge in [0, 0.05) is 24.5 Å². The Kier molecular flexibility index (Phi) is 3.90. The molecule has 2 rings (SSSR count). The van der Waals surface area contributed by atoms with Gasteiger partial charge in [-0.05, 0) is 24.1 Å². The molecule has 18 heavy (non-hydrogen) atoms. The zero-order chi connectivity index (χ0) is 13.3. The summed E-state index contributed by atoms with van der Waals surface area (Å²) >= 11 is 6.14. The molecule has 1 aromatic rings. The standard InChI is InChI=1S/C13H16ClNO3/c1-8-2-3-9(11(14)4-8)6-15-7-10(16)5-12(15)13(17)18/h2-4,10,12,16H,5-7H2,1H3,(H,17,18). The molecule has 0 aromatic heterocycles. The van der Waals surface area contributed by atoms with Gasteiger partial charge in [-0.3, -0.25) is 9.69 Å². The summed E-state index contributed by atoms with van der Waals surface area (Å²) in [6.07, 6.45) is -0.297. The lowest BCUT2D eigenvalue weighted by molar-refractivity contribution is -0.142. The molecule has 98 valence electrons. The Balaban J connectivity index is 2.15. The molecule has 0 spiro atoms. The van der Waals surface area contributed by atoms with Gasteiger partial charge in [0.1, 0.15) is 6.04 Å². The van der Waals surface area contributed by atoms with Crippen molar-refractivity contribution in [3.05, 3.63) is 34.3 Å². The Morgan fingerprint density at radius 2 is 2.28 bits per heavy atom. The van der Waals surface area contributed by atoms with Crippen LogP contribution in [0.2, 0.25) is 5.02 Å². The summed E-state index contributed by atoms with van der Waals surface area (Å²) in [5, 5.41) is 19.3. The molecule has 1 saturated heterocycles. The smallest absolute Gasteiger partial charge is 0.321 e. The largest absolute Gasteiger partial charge is 0.480 e. The average molecular weight is 270 g/mol. The van der Waals surface area contributed by atoms with Crippen LogP contribution in [0.15, 0.2) is 18.2 Å². The highest BCUT2D eigenvalue weighted by Crippen LogP contribution is 2.24. The van der Waals surface area contributed by atoms with Crippen LogP contribution in [0.4, 0.5) is 0 Å². The Morgan fingerprint density at radius 1 is 1.56 bits per heavy atom. The fraction of sp³-hybridized carbons (Fsp3) is 0.462. The molecule has 1 aliphatic rings. The number of carboxylic acid groups (broad SMARTS) is 1. The number of halogens is 1. The van der Waals surface area contributed by atoms with Crippen LogP contribution in [-0.2, 0) is 11.3 Å². The molecule has 0 amide bonds. The van der Waals surface area contributed by atoms with E-state index in [-0.39, 0.29) is 6.42 Å². The minimum Gasteiger partial charge on any atom is -0.480 e. The van der Waals surface area contributed by atoms with Gasteiger partial charge in [0.05, 0.1) is 6.10 Å². The van der Waals surface area contributed by atoms with Crippen molar-refractivity contribution in [2.75, 3.05) is 6.54 Å². The second-order valence-electron chi connectivity index (χ2n) is 4.77. The van der Waals surface area contributed by atoms with Crippen molar-refractivity contribution in [3.63, 3.8) is 0 Å². The van der Waals surface area contributed by atoms with Crippen LogP contribution in [0, 0.1) is 6.92 Å². The van der Waals surface area contributed by atoms with E-state index in [0.29, 0.717) is 18.1 Å². The summed E-state index contributed by atoms with van der Waals surface area (Å²) in [5.74, 6) is -0.894. The van der Waals surface area contributed by atoms with Crippen molar-refractivity contribution < 1.29 is 15.0 Å². The Morgan fingerprint density at radius 3 is 2.89 bits per heavy atom. The number of carbonyl (C=O) groups is 1. The van der Waals surface area contributed by atoms with E-state index < -0.39 is 18.1 Å². The molecule has 0 saturated carbocycles. The number of nitrogens with zero attached hydrogens (tertiary/aromatic N) is 1. The van der Waals surface area contributed by atoms with Crippen molar-refractivity contribution in [2.45, 2.75) is 32.0 Å². The van der Waals surface area contributed by atoms with Gasteiger partial charge >= 0.3 is 5.97 Å². The topological polar surface area (TPSA) is 60.8 Å². The summed E-state index contributed by atoms with van der Waals surface area (Å²) in [4.78, 5) is 12.9. The molecule has 1 aliphatic heterocycles. The van der Waals surface area contributed by atoms with E-state index in [0.717, 1.165) is 11.1 Å². The Bertz CT molecular complexity index is 464. The summed E-state index contributed by atoms with van der Waals surface area (Å²) < 4.78 is 0. The normalized spacial score (nSPS) is 24.4. The fourth-order valence-corrected chi connectivity index (χ4v) is 2.61. The van der Waals surface area contributed by atoms with E-state index >= 15 is 0 Å². The first kappa shape index (κ1) is 13.3. The van der Waals surface area contributed by atoms with Crippen molar-refractivity contribution in [1.82, 2.24) is 4.90 Å². The Labute approximate surface area is 111 Å². The summed E-state index contributed by atoms with van der Waals surface area (Å²) in [5.41, 5.74) is 1.96. The maximum Gasteiger partial charge on any atom is 0.321 e. The van der Waals surface area contributed by atoms with E-state index in [1.807, 2.05) is 25.1 Å². The predicted octanol–water partition coefficient (Wildman–Crippen LogP) is 1.67. The van der Waals surface area contributed by atoms with Gasteiger partial charge in [0.25, 0.3) is 0 Å². The second-order valence-corrected chi connectivity index (χ2v) is 5.18. The molecule has 4 nitrogen and oxygen atoms in total. The highest BCUT2D eigenvalue weighted by atomic mass is 35.5. The van der Waals surface area contributed by atoms with Crippen LogP contribution in [-0.4, -0.2) is 39.8 Å². The van der Waals surface area contributed by atoms with E-state index in [4.69, 9.17) is 16.7 Å². The number of aliphatic hydroxyl groups is 1. The van der Waals surface area contributed by atoms with E-state index in [2.05, 4.69) is 0 Å². The highest BCUT2D eigenvalue weighted by molar-refractivity contribution is 6.31. The quantitative estimate of drug-likeness (QED) is 0.876. The number of hydrogen-bond acceptors (Lipinski definition) is 3. The molecule has 5 heteroatoms. The van der Waals surface area contributed by atoms with Gasteiger partial charge in [-0.1, -0.05) is 23.7 Å². The summed E-state index contributed by atoms with van der Waals surface area (Å²) in [6, 6.07) is 5.08. The zero-order valence-corrected chi connectivity index (χ0v) is 10.9. The molecule has 0 bridgehead atoms. The van der Waals surface area contributed by atoms with Gasteiger partial charge in [-0.15, -0.1) is 0 Å². The molecule has 0 aliphatic carbocycles. The molecular weight excluding hydrogens is 254 g/mol. The average Bonchev–Trinajstić information content (AvgIpc) is 2.64.